The molecule has 74 valence electrons. The number of hydrogen-bond donors (Lipinski definition) is 2. The van der Waals surface area contributed by atoms with E-state index in [1.807, 2.05) is 20.8 Å². The van der Waals surface area contributed by atoms with Crippen LogP contribution in [-0.4, -0.2) is 22.2 Å². The summed E-state index contributed by atoms with van der Waals surface area (Å²) in [7, 11) is 0. The SMILES string of the molecule is CC(C)(C)CC=C(C(=O)O)C(=O)O. The Morgan fingerprint density at radius 2 is 1.54 bits per heavy atom. The maximum Gasteiger partial charge on any atom is 0.342 e. The summed E-state index contributed by atoms with van der Waals surface area (Å²) in [6.45, 7) is 5.72. The third-order valence-electron chi connectivity index (χ3n) is 1.38. The van der Waals surface area contributed by atoms with E-state index in [2.05, 4.69) is 0 Å². The van der Waals surface area contributed by atoms with Gasteiger partial charge in [0.05, 0.1) is 0 Å². The van der Waals surface area contributed by atoms with Crippen LogP contribution in [0.3, 0.4) is 0 Å². The standard InChI is InChI=1S/C9H14O4/c1-9(2,3)5-4-6(7(10)11)8(12)13/h4H,5H2,1-3H3,(H,10,11)(H,12,13). The molecular weight excluding hydrogens is 172 g/mol. The van der Waals surface area contributed by atoms with Gasteiger partial charge in [-0.3, -0.25) is 0 Å². The molecule has 0 radical (unpaired) electrons. The molecule has 0 heterocycles. The second kappa shape index (κ2) is 4.07. The van der Waals surface area contributed by atoms with Crippen molar-refractivity contribution in [1.29, 1.82) is 0 Å². The second-order valence-corrected chi connectivity index (χ2v) is 3.99. The van der Waals surface area contributed by atoms with Crippen LogP contribution in [-0.2, 0) is 9.59 Å². The Bertz CT molecular complexity index is 229. The Hall–Kier alpha value is -1.32. The zero-order valence-electron chi connectivity index (χ0n) is 8.00. The fourth-order valence-corrected chi connectivity index (χ4v) is 0.674. The van der Waals surface area contributed by atoms with E-state index in [0.29, 0.717) is 6.42 Å². The van der Waals surface area contributed by atoms with Gasteiger partial charge in [-0.05, 0) is 11.8 Å². The van der Waals surface area contributed by atoms with Crippen LogP contribution in [0.1, 0.15) is 27.2 Å². The highest BCUT2D eigenvalue weighted by Gasteiger charge is 2.17. The molecule has 0 spiro atoms. The molecule has 2 N–H and O–H groups in total. The summed E-state index contributed by atoms with van der Waals surface area (Å²) in [5, 5.41) is 17.0. The van der Waals surface area contributed by atoms with Crippen molar-refractivity contribution in [3.8, 4) is 0 Å². The highest BCUT2D eigenvalue weighted by Crippen LogP contribution is 2.19. The molecule has 0 rings (SSSR count). The number of hydrogen-bond acceptors (Lipinski definition) is 2. The molecule has 0 aliphatic rings. The van der Waals surface area contributed by atoms with E-state index < -0.39 is 17.5 Å². The van der Waals surface area contributed by atoms with Crippen LogP contribution in [0.25, 0.3) is 0 Å². The van der Waals surface area contributed by atoms with E-state index in [4.69, 9.17) is 10.2 Å². The zero-order chi connectivity index (χ0) is 10.6. The number of aliphatic carboxylic acids is 2. The van der Waals surface area contributed by atoms with Gasteiger partial charge in [-0.15, -0.1) is 0 Å². The van der Waals surface area contributed by atoms with E-state index >= 15 is 0 Å². The van der Waals surface area contributed by atoms with Gasteiger partial charge >= 0.3 is 11.9 Å². The van der Waals surface area contributed by atoms with Crippen molar-refractivity contribution in [2.24, 2.45) is 5.41 Å². The first-order valence-corrected chi connectivity index (χ1v) is 3.91. The first-order valence-electron chi connectivity index (χ1n) is 3.91. The van der Waals surface area contributed by atoms with Crippen molar-refractivity contribution in [3.05, 3.63) is 11.6 Å². The minimum atomic E-state index is -1.39. The van der Waals surface area contributed by atoms with Crippen molar-refractivity contribution in [2.75, 3.05) is 0 Å². The van der Waals surface area contributed by atoms with Gasteiger partial charge in [0.25, 0.3) is 0 Å². The monoisotopic (exact) mass is 186 g/mol. The Morgan fingerprint density at radius 3 is 1.77 bits per heavy atom. The first-order chi connectivity index (χ1) is 5.74. The van der Waals surface area contributed by atoms with Crippen LogP contribution in [0, 0.1) is 5.41 Å². The van der Waals surface area contributed by atoms with Crippen molar-refractivity contribution in [2.45, 2.75) is 27.2 Å². The Labute approximate surface area is 76.9 Å². The number of carbonyl (C=O) groups is 2. The Morgan fingerprint density at radius 1 is 1.15 bits per heavy atom. The van der Waals surface area contributed by atoms with Gasteiger partial charge in [0.1, 0.15) is 5.57 Å². The van der Waals surface area contributed by atoms with Crippen molar-refractivity contribution >= 4 is 11.9 Å². The number of allylic oxidation sites excluding steroid dienone is 1. The lowest BCUT2D eigenvalue weighted by Crippen LogP contribution is -2.13. The minimum absolute atomic E-state index is 0.101. The summed E-state index contributed by atoms with van der Waals surface area (Å²) in [6.07, 6.45) is 1.67. The van der Waals surface area contributed by atoms with Gasteiger partial charge in [-0.2, -0.15) is 0 Å². The summed E-state index contributed by atoms with van der Waals surface area (Å²) >= 11 is 0. The average molecular weight is 186 g/mol. The first kappa shape index (κ1) is 11.7. The van der Waals surface area contributed by atoms with Crippen molar-refractivity contribution in [3.63, 3.8) is 0 Å². The molecule has 0 aromatic carbocycles. The molecule has 0 amide bonds. The Balaban J connectivity index is 4.57. The number of carboxylic acids is 2. The molecule has 0 atom stereocenters. The molecule has 0 saturated heterocycles. The predicted octanol–water partition coefficient (Wildman–Crippen LogP) is 1.52. The summed E-state index contributed by atoms with van der Waals surface area (Å²) in [4.78, 5) is 20.8. The third kappa shape index (κ3) is 5.00. The van der Waals surface area contributed by atoms with Gasteiger partial charge < -0.3 is 10.2 Å². The van der Waals surface area contributed by atoms with Crippen molar-refractivity contribution < 1.29 is 19.8 Å². The van der Waals surface area contributed by atoms with Crippen LogP contribution in [0.5, 0.6) is 0 Å². The normalized spacial score (nSPS) is 10.7. The average Bonchev–Trinajstić information content (AvgIpc) is 1.82. The predicted molar refractivity (Wildman–Crippen MR) is 47.4 cm³/mol. The molecule has 0 unspecified atom stereocenters. The lowest BCUT2D eigenvalue weighted by Gasteiger charge is -2.14. The molecule has 0 bridgehead atoms. The largest absolute Gasteiger partial charge is 0.477 e. The quantitative estimate of drug-likeness (QED) is 0.398. The topological polar surface area (TPSA) is 74.6 Å². The summed E-state index contributed by atoms with van der Waals surface area (Å²) < 4.78 is 0. The number of rotatable bonds is 3. The van der Waals surface area contributed by atoms with Gasteiger partial charge in [0.2, 0.25) is 0 Å². The lowest BCUT2D eigenvalue weighted by molar-refractivity contribution is -0.140. The summed E-state index contributed by atoms with van der Waals surface area (Å²) in [5.74, 6) is -2.78. The van der Waals surface area contributed by atoms with Crippen LogP contribution >= 0.6 is 0 Å². The Kier molecular flexibility index (Phi) is 3.66. The molecule has 0 aromatic rings. The maximum absolute atomic E-state index is 10.4. The van der Waals surface area contributed by atoms with Crippen LogP contribution < -0.4 is 0 Å². The van der Waals surface area contributed by atoms with Crippen LogP contribution in [0.2, 0.25) is 0 Å². The molecule has 0 aliphatic heterocycles. The number of carboxylic acid groups (broad SMARTS) is 2. The highest BCUT2D eigenvalue weighted by molar-refractivity contribution is 6.12. The molecule has 0 fully saturated rings. The third-order valence-corrected chi connectivity index (χ3v) is 1.38. The van der Waals surface area contributed by atoms with Gasteiger partial charge in [0, 0.05) is 0 Å². The molecule has 4 heteroatoms. The van der Waals surface area contributed by atoms with Crippen molar-refractivity contribution in [1.82, 2.24) is 0 Å². The van der Waals surface area contributed by atoms with E-state index in [-0.39, 0.29) is 5.41 Å². The fraction of sp³-hybridized carbons (Fsp3) is 0.556. The van der Waals surface area contributed by atoms with E-state index in [1.165, 1.54) is 6.08 Å². The van der Waals surface area contributed by atoms with Crippen LogP contribution in [0.4, 0.5) is 0 Å². The summed E-state index contributed by atoms with van der Waals surface area (Å²) in [6, 6.07) is 0. The second-order valence-electron chi connectivity index (χ2n) is 3.99. The molecule has 13 heavy (non-hydrogen) atoms. The zero-order valence-corrected chi connectivity index (χ0v) is 8.00. The smallest absolute Gasteiger partial charge is 0.342 e. The maximum atomic E-state index is 10.4. The highest BCUT2D eigenvalue weighted by atomic mass is 16.4. The molecule has 4 nitrogen and oxygen atoms in total. The molecule has 0 saturated carbocycles. The van der Waals surface area contributed by atoms with E-state index in [0.717, 1.165) is 0 Å². The van der Waals surface area contributed by atoms with E-state index in [1.54, 1.807) is 0 Å². The molecule has 0 aromatic heterocycles. The van der Waals surface area contributed by atoms with E-state index in [9.17, 15) is 9.59 Å². The van der Waals surface area contributed by atoms with Gasteiger partial charge in [-0.25, -0.2) is 9.59 Å². The van der Waals surface area contributed by atoms with Gasteiger partial charge in [-0.1, -0.05) is 26.8 Å². The minimum Gasteiger partial charge on any atom is -0.477 e. The fourth-order valence-electron chi connectivity index (χ4n) is 0.674. The molecular formula is C9H14O4. The molecule has 0 aliphatic carbocycles. The summed E-state index contributed by atoms with van der Waals surface area (Å²) in [5.41, 5.74) is -0.661. The van der Waals surface area contributed by atoms with Crippen LogP contribution in [0.15, 0.2) is 11.6 Å². The lowest BCUT2D eigenvalue weighted by atomic mass is 9.91. The van der Waals surface area contributed by atoms with Gasteiger partial charge in [0.15, 0.2) is 0 Å².